The minimum Gasteiger partial charge on any atom is -0.394 e. The predicted molar refractivity (Wildman–Crippen MR) is 86.0 cm³/mol. The first-order valence-electron chi connectivity index (χ1n) is 7.90. The van der Waals surface area contributed by atoms with Crippen LogP contribution in [-0.4, -0.2) is 22.2 Å². The van der Waals surface area contributed by atoms with Crippen molar-refractivity contribution >= 4 is 10.8 Å². The second kappa shape index (κ2) is 6.12. The van der Waals surface area contributed by atoms with Crippen LogP contribution < -0.4 is 5.32 Å². The summed E-state index contributed by atoms with van der Waals surface area (Å²) in [6.45, 7) is 3.33. The highest BCUT2D eigenvalue weighted by Crippen LogP contribution is 2.32. The summed E-state index contributed by atoms with van der Waals surface area (Å²) >= 11 is 0. The van der Waals surface area contributed by atoms with Crippen LogP contribution in [0, 0.1) is 5.92 Å². The monoisotopic (exact) mass is 284 g/mol. The van der Waals surface area contributed by atoms with Crippen LogP contribution in [0.15, 0.2) is 36.7 Å². The SMILES string of the molecule is CC1CCC(CO)(NCc2cccc3cnccc23)CC1. The molecule has 0 bridgehead atoms. The van der Waals surface area contributed by atoms with Gasteiger partial charge in [-0.25, -0.2) is 0 Å². The van der Waals surface area contributed by atoms with Gasteiger partial charge in [-0.1, -0.05) is 25.1 Å². The smallest absolute Gasteiger partial charge is 0.0613 e. The van der Waals surface area contributed by atoms with Gasteiger partial charge in [0.15, 0.2) is 0 Å². The maximum absolute atomic E-state index is 9.85. The molecule has 3 rings (SSSR count). The van der Waals surface area contributed by atoms with Crippen molar-refractivity contribution < 1.29 is 5.11 Å². The van der Waals surface area contributed by atoms with Crippen molar-refractivity contribution in [3.63, 3.8) is 0 Å². The second-order valence-corrected chi connectivity index (χ2v) is 6.49. The Kier molecular flexibility index (Phi) is 4.22. The van der Waals surface area contributed by atoms with Gasteiger partial charge >= 0.3 is 0 Å². The molecular weight excluding hydrogens is 260 g/mol. The maximum atomic E-state index is 9.85. The van der Waals surface area contributed by atoms with Crippen LogP contribution >= 0.6 is 0 Å². The van der Waals surface area contributed by atoms with Crippen molar-refractivity contribution in [2.45, 2.75) is 44.7 Å². The number of benzene rings is 1. The molecule has 0 atom stereocenters. The first kappa shape index (κ1) is 14.5. The van der Waals surface area contributed by atoms with Crippen molar-refractivity contribution in [3.8, 4) is 0 Å². The first-order valence-corrected chi connectivity index (χ1v) is 7.90. The fourth-order valence-electron chi connectivity index (χ4n) is 3.33. The Labute approximate surface area is 126 Å². The van der Waals surface area contributed by atoms with Crippen molar-refractivity contribution in [1.29, 1.82) is 0 Å². The Bertz CT molecular complexity index is 598. The van der Waals surface area contributed by atoms with Gasteiger partial charge in [0.05, 0.1) is 6.61 Å². The highest BCUT2D eigenvalue weighted by atomic mass is 16.3. The molecule has 0 amide bonds. The predicted octanol–water partition coefficient (Wildman–Crippen LogP) is 3.27. The quantitative estimate of drug-likeness (QED) is 0.905. The summed E-state index contributed by atoms with van der Waals surface area (Å²) in [5.41, 5.74) is 1.18. The first-order chi connectivity index (χ1) is 10.2. The van der Waals surface area contributed by atoms with Crippen molar-refractivity contribution in [2.75, 3.05) is 6.61 Å². The fraction of sp³-hybridized carbons (Fsp3) is 0.500. The Hall–Kier alpha value is -1.45. The lowest BCUT2D eigenvalue weighted by atomic mass is 9.77. The Morgan fingerprint density at radius 2 is 2.10 bits per heavy atom. The summed E-state index contributed by atoms with van der Waals surface area (Å²) in [5.74, 6) is 0.787. The van der Waals surface area contributed by atoms with Gasteiger partial charge in [0, 0.05) is 29.9 Å². The van der Waals surface area contributed by atoms with Crippen LogP contribution in [0.25, 0.3) is 10.8 Å². The van der Waals surface area contributed by atoms with E-state index >= 15 is 0 Å². The van der Waals surface area contributed by atoms with Crippen LogP contribution in [-0.2, 0) is 6.54 Å². The molecule has 0 spiro atoms. The van der Waals surface area contributed by atoms with Crippen molar-refractivity contribution in [2.24, 2.45) is 5.92 Å². The summed E-state index contributed by atoms with van der Waals surface area (Å²) in [6.07, 6.45) is 8.28. The number of aliphatic hydroxyl groups is 1. The fourth-order valence-corrected chi connectivity index (χ4v) is 3.33. The van der Waals surface area contributed by atoms with Crippen LogP contribution in [0.4, 0.5) is 0 Å². The van der Waals surface area contributed by atoms with Gasteiger partial charge in [-0.3, -0.25) is 4.98 Å². The van der Waals surface area contributed by atoms with E-state index in [0.29, 0.717) is 0 Å². The number of nitrogens with one attached hydrogen (secondary N) is 1. The molecule has 3 nitrogen and oxygen atoms in total. The molecule has 1 aliphatic carbocycles. The second-order valence-electron chi connectivity index (χ2n) is 6.49. The number of hydrogen-bond donors (Lipinski definition) is 2. The molecule has 1 heterocycles. The van der Waals surface area contributed by atoms with Crippen LogP contribution in [0.2, 0.25) is 0 Å². The lowest BCUT2D eigenvalue weighted by molar-refractivity contribution is 0.104. The van der Waals surface area contributed by atoms with E-state index in [1.165, 1.54) is 29.2 Å². The van der Waals surface area contributed by atoms with E-state index in [-0.39, 0.29) is 12.1 Å². The van der Waals surface area contributed by atoms with E-state index < -0.39 is 0 Å². The molecular formula is C18H24N2O. The molecule has 1 saturated carbocycles. The lowest BCUT2D eigenvalue weighted by Crippen LogP contribution is -2.50. The number of nitrogens with zero attached hydrogens (tertiary/aromatic N) is 1. The molecule has 0 aliphatic heterocycles. The van der Waals surface area contributed by atoms with Crippen LogP contribution in [0.1, 0.15) is 38.2 Å². The number of aliphatic hydroxyl groups excluding tert-OH is 1. The average molecular weight is 284 g/mol. The van der Waals surface area contributed by atoms with E-state index in [4.69, 9.17) is 0 Å². The van der Waals surface area contributed by atoms with Crippen LogP contribution in [0.3, 0.4) is 0 Å². The average Bonchev–Trinajstić information content (AvgIpc) is 2.55. The largest absolute Gasteiger partial charge is 0.394 e. The molecule has 0 radical (unpaired) electrons. The van der Waals surface area contributed by atoms with Crippen molar-refractivity contribution in [1.82, 2.24) is 10.3 Å². The summed E-state index contributed by atoms with van der Waals surface area (Å²) in [4.78, 5) is 4.18. The molecule has 21 heavy (non-hydrogen) atoms. The normalized spacial score (nSPS) is 26.1. The number of rotatable bonds is 4. The lowest BCUT2D eigenvalue weighted by Gasteiger charge is -2.39. The number of aromatic nitrogens is 1. The molecule has 0 unspecified atom stereocenters. The minimum absolute atomic E-state index is 0.0955. The van der Waals surface area contributed by atoms with Gasteiger partial charge in [0.2, 0.25) is 0 Å². The maximum Gasteiger partial charge on any atom is 0.0613 e. The number of fused-ring (bicyclic) bond motifs is 1. The van der Waals surface area contributed by atoms with E-state index in [2.05, 4.69) is 41.5 Å². The third kappa shape index (κ3) is 3.09. The number of hydrogen-bond acceptors (Lipinski definition) is 3. The van der Waals surface area contributed by atoms with Gasteiger partial charge in [0.1, 0.15) is 0 Å². The van der Waals surface area contributed by atoms with Gasteiger partial charge in [0.25, 0.3) is 0 Å². The summed E-state index contributed by atoms with van der Waals surface area (Å²) < 4.78 is 0. The third-order valence-corrected chi connectivity index (χ3v) is 4.96. The summed E-state index contributed by atoms with van der Waals surface area (Å²) in [5, 5.41) is 15.9. The summed E-state index contributed by atoms with van der Waals surface area (Å²) in [7, 11) is 0. The third-order valence-electron chi connectivity index (χ3n) is 4.96. The van der Waals surface area contributed by atoms with Gasteiger partial charge < -0.3 is 10.4 Å². The highest BCUT2D eigenvalue weighted by Gasteiger charge is 2.32. The highest BCUT2D eigenvalue weighted by molar-refractivity contribution is 5.84. The zero-order valence-electron chi connectivity index (χ0n) is 12.7. The topological polar surface area (TPSA) is 45.1 Å². The molecule has 3 heteroatoms. The zero-order valence-corrected chi connectivity index (χ0v) is 12.7. The van der Waals surface area contributed by atoms with Crippen molar-refractivity contribution in [3.05, 3.63) is 42.2 Å². The molecule has 1 aromatic heterocycles. The van der Waals surface area contributed by atoms with E-state index in [9.17, 15) is 5.11 Å². The Morgan fingerprint density at radius 3 is 2.86 bits per heavy atom. The van der Waals surface area contributed by atoms with Gasteiger partial charge in [-0.15, -0.1) is 0 Å². The van der Waals surface area contributed by atoms with Crippen LogP contribution in [0.5, 0.6) is 0 Å². The minimum atomic E-state index is -0.0955. The van der Waals surface area contributed by atoms with Gasteiger partial charge in [-0.2, -0.15) is 0 Å². The molecule has 1 aliphatic rings. The zero-order chi connectivity index (χ0) is 14.7. The molecule has 112 valence electrons. The van der Waals surface area contributed by atoms with E-state index in [0.717, 1.165) is 25.3 Å². The molecule has 1 aromatic carbocycles. The molecule has 0 saturated heterocycles. The summed E-state index contributed by atoms with van der Waals surface area (Å²) in [6, 6.07) is 8.40. The molecule has 2 aromatic rings. The van der Waals surface area contributed by atoms with E-state index in [1.807, 2.05) is 12.4 Å². The van der Waals surface area contributed by atoms with E-state index in [1.54, 1.807) is 0 Å². The van der Waals surface area contributed by atoms with Gasteiger partial charge in [-0.05, 0) is 48.6 Å². The molecule has 1 fully saturated rings. The standard InChI is InChI=1S/C18H24N2O/c1-14-5-8-18(13-21,9-6-14)20-12-16-4-2-3-15-11-19-10-7-17(15)16/h2-4,7,10-11,14,20-21H,5-6,8-9,12-13H2,1H3. The molecule has 2 N–H and O–H groups in total. The Morgan fingerprint density at radius 1 is 1.29 bits per heavy atom. The number of pyridine rings is 1. The Balaban J connectivity index is 1.76.